The van der Waals surface area contributed by atoms with Crippen molar-refractivity contribution in [2.45, 2.75) is 25.5 Å². The van der Waals surface area contributed by atoms with Gasteiger partial charge < -0.3 is 14.5 Å². The first kappa shape index (κ1) is 17.4. The molecule has 4 heterocycles. The minimum absolute atomic E-state index is 0.0353. The molecule has 1 N–H and O–H groups in total. The van der Waals surface area contributed by atoms with Gasteiger partial charge in [0.25, 0.3) is 0 Å². The molecule has 0 radical (unpaired) electrons. The number of carbonyl (C=O) groups excluding carboxylic acids is 1. The van der Waals surface area contributed by atoms with Gasteiger partial charge in [-0.25, -0.2) is 4.98 Å². The monoisotopic (exact) mass is 384 g/mol. The van der Waals surface area contributed by atoms with Gasteiger partial charge in [-0.2, -0.15) is 0 Å². The third-order valence-electron chi connectivity index (χ3n) is 5.21. The highest BCUT2D eigenvalue weighted by molar-refractivity contribution is 5.78. The van der Waals surface area contributed by atoms with Gasteiger partial charge in [0.2, 0.25) is 5.91 Å². The highest BCUT2D eigenvalue weighted by atomic mass is 16.5. The third-order valence-corrected chi connectivity index (χ3v) is 5.21. The zero-order chi connectivity index (χ0) is 19.6. The molecular formula is C23H20N4O2. The summed E-state index contributed by atoms with van der Waals surface area (Å²) in [4.78, 5) is 21.3. The zero-order valence-corrected chi connectivity index (χ0v) is 15.8. The van der Waals surface area contributed by atoms with E-state index >= 15 is 0 Å². The van der Waals surface area contributed by atoms with Crippen LogP contribution in [-0.2, 0) is 17.9 Å². The molecule has 4 aromatic rings. The number of hydrogen-bond donors (Lipinski definition) is 1. The largest absolute Gasteiger partial charge is 0.487 e. The lowest BCUT2D eigenvalue weighted by atomic mass is 9.91. The van der Waals surface area contributed by atoms with Crippen LogP contribution in [0.3, 0.4) is 0 Å². The molecule has 144 valence electrons. The summed E-state index contributed by atoms with van der Waals surface area (Å²) in [6.07, 6.45) is 4.16. The second-order valence-corrected chi connectivity index (χ2v) is 7.08. The second-order valence-electron chi connectivity index (χ2n) is 7.08. The van der Waals surface area contributed by atoms with Crippen LogP contribution in [0.5, 0.6) is 5.75 Å². The average molecular weight is 384 g/mol. The van der Waals surface area contributed by atoms with Crippen LogP contribution in [0.1, 0.15) is 35.0 Å². The maximum Gasteiger partial charge on any atom is 0.221 e. The molecule has 0 bridgehead atoms. The molecule has 1 unspecified atom stereocenters. The van der Waals surface area contributed by atoms with Crippen LogP contribution >= 0.6 is 0 Å². The van der Waals surface area contributed by atoms with E-state index < -0.39 is 0 Å². The lowest BCUT2D eigenvalue weighted by Gasteiger charge is -2.16. The number of amides is 1. The Hall–Kier alpha value is -3.67. The normalized spacial score (nSPS) is 16.1. The van der Waals surface area contributed by atoms with Gasteiger partial charge in [-0.15, -0.1) is 0 Å². The topological polar surface area (TPSA) is 68.5 Å². The Bertz CT molecular complexity index is 1150. The van der Waals surface area contributed by atoms with E-state index in [-0.39, 0.29) is 11.8 Å². The van der Waals surface area contributed by atoms with E-state index in [2.05, 4.69) is 14.7 Å². The van der Waals surface area contributed by atoms with Crippen molar-refractivity contribution in [2.75, 3.05) is 0 Å². The van der Waals surface area contributed by atoms with Crippen LogP contribution in [0, 0.1) is 0 Å². The Balaban J connectivity index is 1.44. The number of carbonyl (C=O) groups is 1. The highest BCUT2D eigenvalue weighted by Crippen LogP contribution is 2.34. The average Bonchev–Trinajstić information content (AvgIpc) is 3.05. The van der Waals surface area contributed by atoms with Crippen molar-refractivity contribution in [3.05, 3.63) is 95.7 Å². The van der Waals surface area contributed by atoms with E-state index in [1.807, 2.05) is 66.9 Å². The first-order valence-electron chi connectivity index (χ1n) is 9.63. The predicted molar refractivity (Wildman–Crippen MR) is 109 cm³/mol. The molecule has 0 fully saturated rings. The molecule has 6 heteroatoms. The van der Waals surface area contributed by atoms with Gasteiger partial charge in [0, 0.05) is 24.7 Å². The molecule has 1 amide bonds. The second kappa shape index (κ2) is 7.39. The lowest BCUT2D eigenvalue weighted by molar-refractivity contribution is -0.121. The number of fused-ring (bicyclic) bond motifs is 3. The summed E-state index contributed by atoms with van der Waals surface area (Å²) in [6, 6.07) is 19.7. The number of aromatic nitrogens is 3. The van der Waals surface area contributed by atoms with Gasteiger partial charge in [-0.3, -0.25) is 9.78 Å². The van der Waals surface area contributed by atoms with Gasteiger partial charge in [0.15, 0.2) is 0 Å². The van der Waals surface area contributed by atoms with Crippen LogP contribution in [0.2, 0.25) is 0 Å². The summed E-state index contributed by atoms with van der Waals surface area (Å²) in [6.45, 7) is 0.876. The van der Waals surface area contributed by atoms with E-state index in [1.54, 1.807) is 6.20 Å². The van der Waals surface area contributed by atoms with Crippen molar-refractivity contribution in [3.63, 3.8) is 0 Å². The Morgan fingerprint density at radius 1 is 1.07 bits per heavy atom. The lowest BCUT2D eigenvalue weighted by Crippen LogP contribution is -2.21. The van der Waals surface area contributed by atoms with E-state index in [0.717, 1.165) is 34.0 Å². The molecule has 1 aromatic carbocycles. The molecule has 6 nitrogen and oxygen atoms in total. The Morgan fingerprint density at radius 3 is 2.76 bits per heavy atom. The van der Waals surface area contributed by atoms with Crippen molar-refractivity contribution >= 4 is 11.6 Å². The number of ether oxygens (including phenoxy) is 1. The third kappa shape index (κ3) is 3.45. The van der Waals surface area contributed by atoms with Crippen LogP contribution < -0.4 is 10.1 Å². The highest BCUT2D eigenvalue weighted by Gasteiger charge is 2.28. The molecule has 1 aliphatic heterocycles. The molecule has 0 saturated carbocycles. The molecule has 29 heavy (non-hydrogen) atoms. The summed E-state index contributed by atoms with van der Waals surface area (Å²) in [5, 5.41) is 2.96. The van der Waals surface area contributed by atoms with Crippen molar-refractivity contribution in [2.24, 2.45) is 0 Å². The maximum atomic E-state index is 12.3. The number of pyridine rings is 2. The fourth-order valence-electron chi connectivity index (χ4n) is 3.81. The molecule has 1 aliphatic rings. The standard InChI is InChI=1S/C23H20N4O2/c28-22-13-19(23-20(14-25-22)26-21-6-2-4-12-27(21)23)16-7-9-18(10-8-16)29-15-17-5-1-3-11-24-17/h1-12,19H,13-15H2,(H,25,28). The predicted octanol–water partition coefficient (Wildman–Crippen LogP) is 3.46. The van der Waals surface area contributed by atoms with E-state index in [1.165, 1.54) is 0 Å². The molecule has 3 aromatic heterocycles. The Morgan fingerprint density at radius 2 is 1.93 bits per heavy atom. The van der Waals surface area contributed by atoms with Crippen LogP contribution in [0.4, 0.5) is 0 Å². The minimum Gasteiger partial charge on any atom is -0.487 e. The van der Waals surface area contributed by atoms with Gasteiger partial charge in [0.05, 0.1) is 23.6 Å². The van der Waals surface area contributed by atoms with Crippen molar-refractivity contribution < 1.29 is 9.53 Å². The fraction of sp³-hybridized carbons (Fsp3) is 0.174. The van der Waals surface area contributed by atoms with Gasteiger partial charge in [0.1, 0.15) is 18.0 Å². The quantitative estimate of drug-likeness (QED) is 0.585. The number of imidazole rings is 1. The maximum absolute atomic E-state index is 12.3. The van der Waals surface area contributed by atoms with Crippen LogP contribution in [-0.4, -0.2) is 20.3 Å². The summed E-state index contributed by atoms with van der Waals surface area (Å²) in [5.41, 5.74) is 4.84. The first-order valence-corrected chi connectivity index (χ1v) is 9.63. The number of benzene rings is 1. The molecule has 0 aliphatic carbocycles. The van der Waals surface area contributed by atoms with E-state index in [4.69, 9.17) is 9.72 Å². The molecule has 5 rings (SSSR count). The van der Waals surface area contributed by atoms with E-state index in [9.17, 15) is 4.79 Å². The molecular weight excluding hydrogens is 364 g/mol. The van der Waals surface area contributed by atoms with E-state index in [0.29, 0.717) is 19.6 Å². The summed E-state index contributed by atoms with van der Waals surface area (Å²) >= 11 is 0. The van der Waals surface area contributed by atoms with Crippen LogP contribution in [0.25, 0.3) is 5.65 Å². The SMILES string of the molecule is O=C1CC(c2ccc(OCc3ccccn3)cc2)c2c(nc3ccccn23)CN1. The number of nitrogens with one attached hydrogen (secondary N) is 1. The summed E-state index contributed by atoms with van der Waals surface area (Å²) in [5.74, 6) is 0.749. The van der Waals surface area contributed by atoms with Crippen LogP contribution in [0.15, 0.2) is 73.1 Å². The van der Waals surface area contributed by atoms with Gasteiger partial charge in [-0.1, -0.05) is 24.3 Å². The first-order chi connectivity index (χ1) is 14.3. The molecule has 1 atom stereocenters. The number of rotatable bonds is 4. The summed E-state index contributed by atoms with van der Waals surface area (Å²) in [7, 11) is 0. The fourth-order valence-corrected chi connectivity index (χ4v) is 3.81. The number of hydrogen-bond acceptors (Lipinski definition) is 4. The van der Waals surface area contributed by atoms with Crippen molar-refractivity contribution in [1.29, 1.82) is 0 Å². The molecule has 0 spiro atoms. The van der Waals surface area contributed by atoms with Gasteiger partial charge >= 0.3 is 0 Å². The number of nitrogens with zero attached hydrogens (tertiary/aromatic N) is 3. The Labute approximate surface area is 168 Å². The Kier molecular flexibility index (Phi) is 4.44. The van der Waals surface area contributed by atoms with Crippen molar-refractivity contribution in [3.8, 4) is 5.75 Å². The smallest absolute Gasteiger partial charge is 0.221 e. The zero-order valence-electron chi connectivity index (χ0n) is 15.8. The molecule has 0 saturated heterocycles. The summed E-state index contributed by atoms with van der Waals surface area (Å²) < 4.78 is 7.93. The van der Waals surface area contributed by atoms with Crippen molar-refractivity contribution in [1.82, 2.24) is 19.7 Å². The van der Waals surface area contributed by atoms with Gasteiger partial charge in [-0.05, 0) is 42.0 Å². The minimum atomic E-state index is -0.0604.